The highest BCUT2D eigenvalue weighted by molar-refractivity contribution is 5.86. The summed E-state index contributed by atoms with van der Waals surface area (Å²) in [5.74, 6) is 0.425. The number of nitrogens with one attached hydrogen (secondary N) is 1. The summed E-state index contributed by atoms with van der Waals surface area (Å²) in [5, 5.41) is 32.6. The number of rotatable bonds is 4. The highest BCUT2D eigenvalue weighted by atomic mass is 16.6. The van der Waals surface area contributed by atoms with E-state index in [1.165, 1.54) is 10.9 Å². The number of ether oxygens (including phenoxy) is 1. The zero-order chi connectivity index (χ0) is 18.3. The fourth-order valence-electron chi connectivity index (χ4n) is 2.97. The van der Waals surface area contributed by atoms with Crippen molar-refractivity contribution >= 4 is 28.6 Å². The molecular weight excluding hydrogens is 340 g/mol. The molecule has 4 atom stereocenters. The van der Waals surface area contributed by atoms with Crippen LogP contribution in [0.25, 0.3) is 11.2 Å². The molecule has 1 aromatic carbocycles. The van der Waals surface area contributed by atoms with E-state index in [2.05, 4.69) is 20.3 Å². The Kier molecular flexibility index (Phi) is 4.17. The summed E-state index contributed by atoms with van der Waals surface area (Å²) < 4.78 is 7.00. The van der Waals surface area contributed by atoms with Gasteiger partial charge < -0.3 is 31.1 Å². The molecule has 0 aliphatic carbocycles. The minimum absolute atomic E-state index is 0.0180. The van der Waals surface area contributed by atoms with Gasteiger partial charge in [0.25, 0.3) is 0 Å². The molecule has 1 aliphatic heterocycles. The summed E-state index contributed by atoms with van der Waals surface area (Å²) in [7, 11) is 0. The Balaban J connectivity index is 1.75. The third kappa shape index (κ3) is 2.74. The fourth-order valence-corrected chi connectivity index (χ4v) is 2.97. The molecule has 2 aromatic heterocycles. The summed E-state index contributed by atoms with van der Waals surface area (Å²) in [4.78, 5) is 12.7. The Morgan fingerprint density at radius 3 is 2.62 bits per heavy atom. The zero-order valence-corrected chi connectivity index (χ0v) is 13.6. The molecule has 0 unspecified atom stereocenters. The average Bonchev–Trinajstić information content (AvgIpc) is 3.17. The van der Waals surface area contributed by atoms with Gasteiger partial charge in [-0.05, 0) is 12.1 Å². The molecule has 0 spiro atoms. The number of hydrogen-bond donors (Lipinski definition) is 5. The van der Waals surface area contributed by atoms with Gasteiger partial charge in [0, 0.05) is 5.69 Å². The largest absolute Gasteiger partial charge is 0.394 e. The van der Waals surface area contributed by atoms with Crippen molar-refractivity contribution in [3.8, 4) is 0 Å². The number of hydrogen-bond acceptors (Lipinski definition) is 9. The quantitative estimate of drug-likeness (QED) is 0.425. The SMILES string of the molecule is Nc1nc(Nc2ccccc2)c2ncn([C@@H]3O[C@H](CO)[C@H](O)[C@@H]3O)c2n1. The van der Waals surface area contributed by atoms with E-state index >= 15 is 0 Å². The fraction of sp³-hybridized carbons (Fsp3) is 0.312. The van der Waals surface area contributed by atoms with Gasteiger partial charge in [0.2, 0.25) is 5.95 Å². The Labute approximate surface area is 147 Å². The van der Waals surface area contributed by atoms with Gasteiger partial charge in [-0.3, -0.25) is 4.57 Å². The maximum atomic E-state index is 10.2. The van der Waals surface area contributed by atoms with E-state index in [1.807, 2.05) is 30.3 Å². The monoisotopic (exact) mass is 358 g/mol. The number of nitrogens with two attached hydrogens (primary N) is 1. The first-order valence-electron chi connectivity index (χ1n) is 8.03. The molecule has 3 aromatic rings. The maximum absolute atomic E-state index is 10.2. The molecule has 10 nitrogen and oxygen atoms in total. The number of aromatic nitrogens is 4. The highest BCUT2D eigenvalue weighted by Crippen LogP contribution is 2.33. The van der Waals surface area contributed by atoms with E-state index in [0.29, 0.717) is 17.0 Å². The van der Waals surface area contributed by atoms with Gasteiger partial charge >= 0.3 is 0 Å². The van der Waals surface area contributed by atoms with Crippen molar-refractivity contribution in [2.24, 2.45) is 0 Å². The molecule has 136 valence electrons. The summed E-state index contributed by atoms with van der Waals surface area (Å²) in [6.07, 6.45) is -2.88. The number of nitrogen functional groups attached to an aromatic ring is 1. The Morgan fingerprint density at radius 2 is 1.92 bits per heavy atom. The third-order valence-electron chi connectivity index (χ3n) is 4.27. The van der Waals surface area contributed by atoms with Crippen LogP contribution in [0.4, 0.5) is 17.5 Å². The number of anilines is 3. The van der Waals surface area contributed by atoms with E-state index in [4.69, 9.17) is 10.5 Å². The topological polar surface area (TPSA) is 152 Å². The van der Waals surface area contributed by atoms with E-state index < -0.39 is 31.1 Å². The number of aliphatic hydroxyl groups excluding tert-OH is 3. The Hall–Kier alpha value is -2.79. The van der Waals surface area contributed by atoms with Crippen LogP contribution in [0.3, 0.4) is 0 Å². The van der Waals surface area contributed by atoms with Crippen molar-refractivity contribution in [3.05, 3.63) is 36.7 Å². The molecule has 0 bridgehead atoms. The molecule has 0 saturated carbocycles. The lowest BCUT2D eigenvalue weighted by atomic mass is 10.1. The van der Waals surface area contributed by atoms with Gasteiger partial charge in [0.15, 0.2) is 23.2 Å². The second-order valence-electron chi connectivity index (χ2n) is 5.97. The van der Waals surface area contributed by atoms with Crippen molar-refractivity contribution < 1.29 is 20.1 Å². The molecule has 0 radical (unpaired) electrons. The molecule has 26 heavy (non-hydrogen) atoms. The standard InChI is InChI=1S/C16H18N6O4/c17-16-20-13(19-8-4-2-1-3-5-8)10-14(21-16)22(7-18-10)15-12(25)11(24)9(6-23)26-15/h1-5,7,9,11-12,15,23-25H,6H2,(H3,17,19,20,21)/t9-,11+,12+,15-/m1/s1. The van der Waals surface area contributed by atoms with Crippen molar-refractivity contribution in [1.29, 1.82) is 0 Å². The second kappa shape index (κ2) is 6.50. The van der Waals surface area contributed by atoms with Gasteiger partial charge in [-0.25, -0.2) is 4.98 Å². The Bertz CT molecular complexity index is 918. The second-order valence-corrected chi connectivity index (χ2v) is 5.97. The molecule has 4 rings (SSSR count). The molecule has 6 N–H and O–H groups in total. The number of aliphatic hydroxyl groups is 3. The molecule has 1 fully saturated rings. The minimum Gasteiger partial charge on any atom is -0.394 e. The van der Waals surface area contributed by atoms with Gasteiger partial charge in [0.05, 0.1) is 12.9 Å². The Morgan fingerprint density at radius 1 is 1.15 bits per heavy atom. The smallest absolute Gasteiger partial charge is 0.224 e. The van der Waals surface area contributed by atoms with Crippen LogP contribution in [0.15, 0.2) is 36.7 Å². The minimum atomic E-state index is -1.24. The number of fused-ring (bicyclic) bond motifs is 1. The van der Waals surface area contributed by atoms with Crippen molar-refractivity contribution in [1.82, 2.24) is 19.5 Å². The maximum Gasteiger partial charge on any atom is 0.224 e. The lowest BCUT2D eigenvalue weighted by Crippen LogP contribution is -2.33. The van der Waals surface area contributed by atoms with Crippen LogP contribution in [0.1, 0.15) is 6.23 Å². The van der Waals surface area contributed by atoms with Gasteiger partial charge in [0.1, 0.15) is 18.3 Å². The van der Waals surface area contributed by atoms with E-state index in [9.17, 15) is 15.3 Å². The van der Waals surface area contributed by atoms with Crippen LogP contribution < -0.4 is 11.1 Å². The van der Waals surface area contributed by atoms with Crippen LogP contribution >= 0.6 is 0 Å². The molecule has 0 amide bonds. The first kappa shape index (κ1) is 16.7. The number of benzene rings is 1. The number of imidazole rings is 1. The first-order valence-corrected chi connectivity index (χ1v) is 8.03. The van der Waals surface area contributed by atoms with E-state index in [0.717, 1.165) is 5.69 Å². The van der Waals surface area contributed by atoms with Crippen LogP contribution in [0, 0.1) is 0 Å². The number of para-hydroxylation sites is 1. The van der Waals surface area contributed by atoms with Crippen LogP contribution in [-0.4, -0.2) is 59.8 Å². The average molecular weight is 358 g/mol. The predicted molar refractivity (Wildman–Crippen MR) is 92.5 cm³/mol. The van der Waals surface area contributed by atoms with Gasteiger partial charge in [-0.15, -0.1) is 0 Å². The van der Waals surface area contributed by atoms with Gasteiger partial charge in [-0.2, -0.15) is 9.97 Å². The summed E-state index contributed by atoms with van der Waals surface area (Å²) in [5.41, 5.74) is 7.39. The highest BCUT2D eigenvalue weighted by Gasteiger charge is 2.44. The molecular formula is C16H18N6O4. The molecule has 10 heteroatoms. The molecule has 1 saturated heterocycles. The van der Waals surface area contributed by atoms with Crippen LogP contribution in [-0.2, 0) is 4.74 Å². The molecule has 1 aliphatic rings. The predicted octanol–water partition coefficient (Wildman–Crippen LogP) is -0.236. The normalized spacial score (nSPS) is 25.7. The van der Waals surface area contributed by atoms with Crippen LogP contribution in [0.5, 0.6) is 0 Å². The van der Waals surface area contributed by atoms with E-state index in [1.54, 1.807) is 0 Å². The van der Waals surface area contributed by atoms with Crippen molar-refractivity contribution in [3.63, 3.8) is 0 Å². The summed E-state index contributed by atoms with van der Waals surface area (Å²) in [6, 6.07) is 9.38. The zero-order valence-electron chi connectivity index (χ0n) is 13.6. The van der Waals surface area contributed by atoms with Crippen molar-refractivity contribution in [2.75, 3.05) is 17.7 Å². The lowest BCUT2D eigenvalue weighted by Gasteiger charge is -2.16. The van der Waals surface area contributed by atoms with Crippen molar-refractivity contribution in [2.45, 2.75) is 24.5 Å². The number of nitrogens with zero attached hydrogens (tertiary/aromatic N) is 4. The summed E-state index contributed by atoms with van der Waals surface area (Å²) in [6.45, 7) is -0.417. The third-order valence-corrected chi connectivity index (χ3v) is 4.27. The van der Waals surface area contributed by atoms with E-state index in [-0.39, 0.29) is 5.95 Å². The van der Waals surface area contributed by atoms with Gasteiger partial charge in [-0.1, -0.05) is 18.2 Å². The lowest BCUT2D eigenvalue weighted by molar-refractivity contribution is -0.0511. The van der Waals surface area contributed by atoms with Crippen LogP contribution in [0.2, 0.25) is 0 Å². The summed E-state index contributed by atoms with van der Waals surface area (Å²) >= 11 is 0. The first-order chi connectivity index (χ1) is 12.6. The molecule has 3 heterocycles.